The van der Waals surface area contributed by atoms with Gasteiger partial charge < -0.3 is 34.8 Å². The number of piperidine rings is 1. The molecule has 0 radical (unpaired) electrons. The van der Waals surface area contributed by atoms with Gasteiger partial charge in [-0.3, -0.25) is 0 Å². The van der Waals surface area contributed by atoms with Crippen molar-refractivity contribution in [3.63, 3.8) is 0 Å². The topological polar surface area (TPSA) is 116 Å². The van der Waals surface area contributed by atoms with Gasteiger partial charge in [-0.25, -0.2) is 13.8 Å². The Balaban J connectivity index is 1.08. The number of fused-ring (bicyclic) bond motifs is 7. The molecule has 2 aromatic carbocycles. The quantitative estimate of drug-likeness (QED) is 0.246. The molecule has 2 bridgehead atoms. The van der Waals surface area contributed by atoms with Crippen LogP contribution in [-0.4, -0.2) is 94.2 Å². The Morgan fingerprint density at radius 1 is 1.10 bits per heavy atom. The number of halogens is 2. The van der Waals surface area contributed by atoms with Crippen molar-refractivity contribution < 1.29 is 28.5 Å². The fourth-order valence-electron chi connectivity index (χ4n) is 9.48. The summed E-state index contributed by atoms with van der Waals surface area (Å²) in [6.07, 6.45) is 5.61. The fraction of sp³-hybridized carbons (Fsp3) is 0.541. The minimum atomic E-state index is -0.697. The van der Waals surface area contributed by atoms with Crippen LogP contribution >= 0.6 is 0 Å². The molecule has 10 nitrogen and oxygen atoms in total. The van der Waals surface area contributed by atoms with Crippen molar-refractivity contribution in [2.45, 2.75) is 63.6 Å². The van der Waals surface area contributed by atoms with E-state index in [4.69, 9.17) is 24.4 Å². The summed E-state index contributed by atoms with van der Waals surface area (Å²) in [5.74, 6) is 0.192. The molecule has 1 unspecified atom stereocenters. The lowest BCUT2D eigenvalue weighted by Crippen LogP contribution is -2.60. The average molecular weight is 671 g/mol. The van der Waals surface area contributed by atoms with E-state index in [1.165, 1.54) is 12.1 Å². The predicted molar refractivity (Wildman–Crippen MR) is 179 cm³/mol. The average Bonchev–Trinajstić information content (AvgIpc) is 3.95. The molecule has 4 aliphatic heterocycles. The number of likely N-dealkylation sites (tertiary alicyclic amines) is 1. The van der Waals surface area contributed by atoms with Gasteiger partial charge in [-0.15, -0.1) is 0 Å². The van der Waals surface area contributed by atoms with E-state index in [1.807, 2.05) is 6.92 Å². The van der Waals surface area contributed by atoms with Gasteiger partial charge in [0.1, 0.15) is 40.6 Å². The first-order valence-corrected chi connectivity index (χ1v) is 17.7. The standard InChI is InChI=1S/C37H40F2N6O4/c1-2-23-25(38)5-3-19-9-22(47)10-24(28(19)23)31-30(39)32-29-33(45-13-21-4-6-26(40-21)27(45)14-48-34(29)41-31)43-35(42-32)49-18-36(7-8-36)15-44-12-20-11-37(20,16-44)17-46/h3,5,9-10,20-21,26-27,40,46-47H,2,4,6-8,11-18H2,1H3/t20?,21-,26+,27-,37-/m0/s1. The highest BCUT2D eigenvalue weighted by Crippen LogP contribution is 2.59. The van der Waals surface area contributed by atoms with Gasteiger partial charge in [0.15, 0.2) is 5.82 Å². The molecule has 6 aliphatic rings. The molecule has 2 aliphatic carbocycles. The number of aryl methyl sites for hydroxylation is 1. The minimum Gasteiger partial charge on any atom is -0.508 e. The van der Waals surface area contributed by atoms with Gasteiger partial charge in [-0.2, -0.15) is 9.97 Å². The van der Waals surface area contributed by atoms with Crippen LogP contribution in [0.15, 0.2) is 24.3 Å². The second kappa shape index (κ2) is 10.6. The number of phenolic OH excluding ortho intramolecular Hbond substituents is 1. The highest BCUT2D eigenvalue weighted by atomic mass is 19.1. The Morgan fingerprint density at radius 3 is 2.78 bits per heavy atom. The van der Waals surface area contributed by atoms with Crippen LogP contribution < -0.4 is 19.7 Å². The van der Waals surface area contributed by atoms with E-state index in [0.29, 0.717) is 65.7 Å². The number of pyridine rings is 1. The summed E-state index contributed by atoms with van der Waals surface area (Å²) >= 11 is 0. The number of hydrogen-bond acceptors (Lipinski definition) is 10. The number of anilines is 1. The van der Waals surface area contributed by atoms with Crippen molar-refractivity contribution >= 4 is 27.5 Å². The van der Waals surface area contributed by atoms with Crippen molar-refractivity contribution in [3.8, 4) is 28.9 Å². The molecule has 5 atom stereocenters. The number of benzene rings is 2. The fourth-order valence-corrected chi connectivity index (χ4v) is 9.48. The third-order valence-corrected chi connectivity index (χ3v) is 12.4. The molecular formula is C37H40F2N6O4. The molecular weight excluding hydrogens is 630 g/mol. The van der Waals surface area contributed by atoms with E-state index in [0.717, 1.165) is 51.7 Å². The first-order valence-electron chi connectivity index (χ1n) is 17.7. The number of ether oxygens (including phenoxy) is 2. The van der Waals surface area contributed by atoms with E-state index >= 15 is 8.78 Å². The van der Waals surface area contributed by atoms with Crippen LogP contribution in [0.3, 0.4) is 0 Å². The molecule has 10 rings (SSSR count). The molecule has 49 heavy (non-hydrogen) atoms. The molecule has 12 heteroatoms. The van der Waals surface area contributed by atoms with Crippen LogP contribution in [-0.2, 0) is 6.42 Å². The number of aliphatic hydroxyl groups excluding tert-OH is 1. The van der Waals surface area contributed by atoms with Crippen molar-refractivity contribution in [2.24, 2.45) is 16.7 Å². The second-order valence-corrected chi connectivity index (χ2v) is 15.6. The van der Waals surface area contributed by atoms with Gasteiger partial charge in [-0.05, 0) is 79.0 Å². The Kier molecular flexibility index (Phi) is 6.47. The zero-order valence-electron chi connectivity index (χ0n) is 27.5. The minimum absolute atomic E-state index is 0.0200. The Hall–Kier alpha value is -3.87. The van der Waals surface area contributed by atoms with E-state index < -0.39 is 11.6 Å². The number of nitrogens with zero attached hydrogens (tertiary/aromatic N) is 5. The zero-order chi connectivity index (χ0) is 33.2. The van der Waals surface area contributed by atoms with Gasteiger partial charge in [0.25, 0.3) is 0 Å². The SMILES string of the molecule is CCc1c(F)ccc2cc(O)cc(-c3nc4c5c(nc(OCC6(CN7CC8C[C@@]8(CO)C7)CC6)nc5c3F)N3C[C@@H]5CC[C@@H](N5)[C@@H]3CO4)c12. The lowest BCUT2D eigenvalue weighted by molar-refractivity contribution is 0.143. The smallest absolute Gasteiger partial charge is 0.319 e. The number of aromatic nitrogens is 3. The normalized spacial score (nSPS) is 29.1. The number of nitrogens with one attached hydrogen (secondary N) is 1. The summed E-state index contributed by atoms with van der Waals surface area (Å²) < 4.78 is 45.1. The largest absolute Gasteiger partial charge is 0.508 e. The molecule has 2 saturated carbocycles. The van der Waals surface area contributed by atoms with E-state index in [9.17, 15) is 10.2 Å². The lowest BCUT2D eigenvalue weighted by atomic mass is 9.94. The van der Waals surface area contributed by atoms with Crippen LogP contribution in [0, 0.1) is 28.4 Å². The monoisotopic (exact) mass is 670 g/mol. The van der Waals surface area contributed by atoms with Gasteiger partial charge in [0.05, 0.1) is 19.3 Å². The number of piperazine rings is 1. The maximum Gasteiger partial charge on any atom is 0.319 e. The third-order valence-electron chi connectivity index (χ3n) is 12.4. The van der Waals surface area contributed by atoms with Crippen molar-refractivity contribution in [2.75, 3.05) is 50.9 Å². The number of aliphatic hydroxyl groups is 1. The van der Waals surface area contributed by atoms with Gasteiger partial charge in [0.2, 0.25) is 5.88 Å². The number of hydrogen-bond donors (Lipinski definition) is 3. The highest BCUT2D eigenvalue weighted by molar-refractivity contribution is 6.03. The number of phenols is 1. The van der Waals surface area contributed by atoms with Crippen LogP contribution in [0.2, 0.25) is 0 Å². The molecule has 3 N–H and O–H groups in total. The number of rotatable bonds is 8. The van der Waals surface area contributed by atoms with E-state index in [2.05, 4.69) is 15.1 Å². The maximum absolute atomic E-state index is 17.1. The number of aromatic hydroxyl groups is 1. The third kappa shape index (κ3) is 4.63. The van der Waals surface area contributed by atoms with Crippen molar-refractivity contribution in [3.05, 3.63) is 41.5 Å². The van der Waals surface area contributed by atoms with Crippen molar-refractivity contribution in [1.82, 2.24) is 25.2 Å². The molecule has 5 fully saturated rings. The van der Waals surface area contributed by atoms with Crippen LogP contribution in [0.25, 0.3) is 32.9 Å². The van der Waals surface area contributed by atoms with Gasteiger partial charge in [0, 0.05) is 54.7 Å². The van der Waals surface area contributed by atoms with Crippen LogP contribution in [0.4, 0.5) is 14.6 Å². The van der Waals surface area contributed by atoms with E-state index in [-0.39, 0.29) is 63.9 Å². The summed E-state index contributed by atoms with van der Waals surface area (Å²) in [5, 5.41) is 25.8. The van der Waals surface area contributed by atoms with E-state index in [1.54, 1.807) is 12.1 Å². The summed E-state index contributed by atoms with van der Waals surface area (Å²) in [6, 6.07) is 6.51. The molecule has 3 saturated heterocycles. The molecule has 2 aromatic heterocycles. The molecule has 6 heterocycles. The first kappa shape index (κ1) is 30.0. The Bertz CT molecular complexity index is 2040. The Morgan fingerprint density at radius 2 is 1.98 bits per heavy atom. The second-order valence-electron chi connectivity index (χ2n) is 15.6. The molecule has 4 aromatic rings. The van der Waals surface area contributed by atoms with Crippen LogP contribution in [0.5, 0.6) is 17.6 Å². The maximum atomic E-state index is 17.1. The summed E-state index contributed by atoms with van der Waals surface area (Å²) in [7, 11) is 0. The molecule has 256 valence electrons. The summed E-state index contributed by atoms with van der Waals surface area (Å²) in [4.78, 5) is 19.1. The first-order chi connectivity index (χ1) is 23.8. The summed E-state index contributed by atoms with van der Waals surface area (Å²) in [6.45, 7) is 6.38. The highest BCUT2D eigenvalue weighted by Gasteiger charge is 2.60. The lowest BCUT2D eigenvalue weighted by Gasteiger charge is -2.40. The summed E-state index contributed by atoms with van der Waals surface area (Å²) in [5.41, 5.74) is 0.731. The Labute approximate surface area is 282 Å². The van der Waals surface area contributed by atoms with Gasteiger partial charge >= 0.3 is 6.01 Å². The van der Waals surface area contributed by atoms with Crippen molar-refractivity contribution in [1.29, 1.82) is 0 Å². The molecule has 0 amide bonds. The van der Waals surface area contributed by atoms with Gasteiger partial charge in [-0.1, -0.05) is 13.0 Å². The predicted octanol–water partition coefficient (Wildman–Crippen LogP) is 4.57. The molecule has 0 spiro atoms. The van der Waals surface area contributed by atoms with Crippen LogP contribution in [0.1, 0.15) is 44.6 Å². The zero-order valence-corrected chi connectivity index (χ0v) is 27.5.